The van der Waals surface area contributed by atoms with E-state index in [0.29, 0.717) is 0 Å². The third-order valence-corrected chi connectivity index (χ3v) is 3.28. The van der Waals surface area contributed by atoms with Gasteiger partial charge in [-0.05, 0) is 22.4 Å². The Labute approximate surface area is 100 Å². The van der Waals surface area contributed by atoms with Gasteiger partial charge in [-0.15, -0.1) is 0 Å². The van der Waals surface area contributed by atoms with E-state index in [0.717, 1.165) is 6.54 Å². The average Bonchev–Trinajstić information content (AvgIpc) is 2.69. The standard InChI is InChI=1S/C14H14N2O/c1-16-9-13(15-14(16)17)12-7-6-10-4-2-3-5-11(10)8-12/h2-8,13H,9H2,1H3,(H,15,17). The lowest BCUT2D eigenvalue weighted by molar-refractivity contribution is 0.226. The third-order valence-electron chi connectivity index (χ3n) is 3.28. The number of carbonyl (C=O) groups excluding carboxylic acids is 1. The van der Waals surface area contributed by atoms with Gasteiger partial charge in [0.15, 0.2) is 0 Å². The van der Waals surface area contributed by atoms with Crippen LogP contribution in [0.25, 0.3) is 10.8 Å². The zero-order chi connectivity index (χ0) is 11.8. The molecule has 1 N–H and O–H groups in total. The van der Waals surface area contributed by atoms with E-state index < -0.39 is 0 Å². The molecule has 1 aliphatic rings. The van der Waals surface area contributed by atoms with Gasteiger partial charge in [0.2, 0.25) is 0 Å². The molecule has 0 spiro atoms. The van der Waals surface area contributed by atoms with Crippen molar-refractivity contribution in [3.8, 4) is 0 Å². The van der Waals surface area contributed by atoms with E-state index in [9.17, 15) is 4.79 Å². The molecule has 0 aromatic heterocycles. The van der Waals surface area contributed by atoms with E-state index in [4.69, 9.17) is 0 Å². The van der Waals surface area contributed by atoms with Crippen molar-refractivity contribution in [2.75, 3.05) is 13.6 Å². The van der Waals surface area contributed by atoms with Crippen molar-refractivity contribution in [3.63, 3.8) is 0 Å². The summed E-state index contributed by atoms with van der Waals surface area (Å²) >= 11 is 0. The summed E-state index contributed by atoms with van der Waals surface area (Å²) in [6.07, 6.45) is 0. The van der Waals surface area contributed by atoms with Gasteiger partial charge in [0.25, 0.3) is 0 Å². The highest BCUT2D eigenvalue weighted by atomic mass is 16.2. The van der Waals surface area contributed by atoms with Crippen LogP contribution < -0.4 is 5.32 Å². The average molecular weight is 226 g/mol. The second-order valence-corrected chi connectivity index (χ2v) is 4.49. The Morgan fingerprint density at radius 1 is 1.18 bits per heavy atom. The van der Waals surface area contributed by atoms with Gasteiger partial charge in [0.1, 0.15) is 0 Å². The maximum Gasteiger partial charge on any atom is 0.317 e. The van der Waals surface area contributed by atoms with Crippen LogP contribution in [-0.2, 0) is 0 Å². The molecule has 1 unspecified atom stereocenters. The highest BCUT2D eigenvalue weighted by molar-refractivity contribution is 5.83. The molecular formula is C14H14N2O. The molecule has 1 aliphatic heterocycles. The number of rotatable bonds is 1. The first-order chi connectivity index (χ1) is 8.24. The van der Waals surface area contributed by atoms with Gasteiger partial charge in [0, 0.05) is 13.6 Å². The maximum absolute atomic E-state index is 11.4. The number of amides is 2. The second kappa shape index (κ2) is 3.77. The predicted molar refractivity (Wildman–Crippen MR) is 67.9 cm³/mol. The molecule has 1 fully saturated rings. The van der Waals surface area contributed by atoms with Crippen LogP contribution in [0.3, 0.4) is 0 Å². The van der Waals surface area contributed by atoms with E-state index in [-0.39, 0.29) is 12.1 Å². The van der Waals surface area contributed by atoms with Crippen molar-refractivity contribution in [2.45, 2.75) is 6.04 Å². The lowest BCUT2D eigenvalue weighted by Crippen LogP contribution is -2.23. The number of fused-ring (bicyclic) bond motifs is 1. The molecule has 2 aromatic rings. The van der Waals surface area contributed by atoms with E-state index in [1.54, 1.807) is 4.90 Å². The SMILES string of the molecule is CN1CC(c2ccc3ccccc3c2)NC1=O. The molecule has 3 nitrogen and oxygen atoms in total. The molecular weight excluding hydrogens is 212 g/mol. The fraction of sp³-hybridized carbons (Fsp3) is 0.214. The smallest absolute Gasteiger partial charge is 0.317 e. The highest BCUT2D eigenvalue weighted by Gasteiger charge is 2.26. The van der Waals surface area contributed by atoms with Gasteiger partial charge >= 0.3 is 6.03 Å². The summed E-state index contributed by atoms with van der Waals surface area (Å²) in [6.45, 7) is 0.733. The summed E-state index contributed by atoms with van der Waals surface area (Å²) in [5.41, 5.74) is 1.17. The molecule has 0 bridgehead atoms. The maximum atomic E-state index is 11.4. The van der Waals surface area contributed by atoms with Crippen LogP contribution in [0.4, 0.5) is 4.79 Å². The Hall–Kier alpha value is -2.03. The molecule has 0 saturated carbocycles. The van der Waals surface area contributed by atoms with Crippen LogP contribution in [0.1, 0.15) is 11.6 Å². The van der Waals surface area contributed by atoms with Crippen LogP contribution in [0.5, 0.6) is 0 Å². The van der Waals surface area contributed by atoms with Crippen molar-refractivity contribution in [1.29, 1.82) is 0 Å². The minimum Gasteiger partial charge on any atom is -0.329 e. The van der Waals surface area contributed by atoms with Crippen LogP contribution in [-0.4, -0.2) is 24.5 Å². The van der Waals surface area contributed by atoms with E-state index in [2.05, 4.69) is 35.6 Å². The number of hydrogen-bond acceptors (Lipinski definition) is 1. The van der Waals surface area contributed by atoms with Crippen molar-refractivity contribution >= 4 is 16.8 Å². The molecule has 1 saturated heterocycles. The predicted octanol–water partition coefficient (Wildman–Crippen LogP) is 2.54. The van der Waals surface area contributed by atoms with Crippen molar-refractivity contribution in [3.05, 3.63) is 48.0 Å². The first-order valence-electron chi connectivity index (χ1n) is 5.74. The summed E-state index contributed by atoms with van der Waals surface area (Å²) in [6, 6.07) is 14.7. The molecule has 1 heterocycles. The Bertz CT molecular complexity index is 579. The summed E-state index contributed by atoms with van der Waals surface area (Å²) in [4.78, 5) is 13.1. The first kappa shape index (κ1) is 10.1. The molecule has 2 aromatic carbocycles. The van der Waals surface area contributed by atoms with Gasteiger partial charge < -0.3 is 10.2 Å². The number of urea groups is 1. The molecule has 86 valence electrons. The monoisotopic (exact) mass is 226 g/mol. The molecule has 1 atom stereocenters. The van der Waals surface area contributed by atoms with Crippen LogP contribution in [0.2, 0.25) is 0 Å². The fourth-order valence-electron chi connectivity index (χ4n) is 2.27. The van der Waals surface area contributed by atoms with Gasteiger partial charge in [-0.2, -0.15) is 0 Å². The van der Waals surface area contributed by atoms with Crippen molar-refractivity contribution in [1.82, 2.24) is 10.2 Å². The minimum absolute atomic E-state index is 0.00292. The summed E-state index contributed by atoms with van der Waals surface area (Å²) in [5.74, 6) is 0. The van der Waals surface area contributed by atoms with Gasteiger partial charge in [0.05, 0.1) is 6.04 Å². The molecule has 3 rings (SSSR count). The van der Waals surface area contributed by atoms with E-state index in [1.165, 1.54) is 16.3 Å². The zero-order valence-electron chi connectivity index (χ0n) is 9.68. The van der Waals surface area contributed by atoms with Crippen LogP contribution in [0.15, 0.2) is 42.5 Å². The highest BCUT2D eigenvalue weighted by Crippen LogP contribution is 2.23. The van der Waals surface area contributed by atoms with E-state index >= 15 is 0 Å². The van der Waals surface area contributed by atoms with Crippen LogP contribution in [0, 0.1) is 0 Å². The Balaban J connectivity index is 1.99. The quantitative estimate of drug-likeness (QED) is 0.796. The Kier molecular flexibility index (Phi) is 2.25. The number of likely N-dealkylation sites (N-methyl/N-ethyl adjacent to an activating group) is 1. The molecule has 3 heteroatoms. The number of hydrogen-bond donors (Lipinski definition) is 1. The first-order valence-corrected chi connectivity index (χ1v) is 5.74. The molecule has 2 amide bonds. The summed E-state index contributed by atoms with van der Waals surface area (Å²) in [5, 5.41) is 5.42. The topological polar surface area (TPSA) is 32.3 Å². The summed E-state index contributed by atoms with van der Waals surface area (Å²) < 4.78 is 0. The van der Waals surface area contributed by atoms with Crippen molar-refractivity contribution < 1.29 is 4.79 Å². The summed E-state index contributed by atoms with van der Waals surface area (Å²) in [7, 11) is 1.82. The minimum atomic E-state index is 0.00292. The Morgan fingerprint density at radius 3 is 2.65 bits per heavy atom. The lowest BCUT2D eigenvalue weighted by atomic mass is 10.0. The number of carbonyl (C=O) groups is 1. The van der Waals surface area contributed by atoms with Gasteiger partial charge in [-0.3, -0.25) is 0 Å². The zero-order valence-corrected chi connectivity index (χ0v) is 9.68. The number of benzene rings is 2. The van der Waals surface area contributed by atoms with Crippen molar-refractivity contribution in [2.24, 2.45) is 0 Å². The largest absolute Gasteiger partial charge is 0.329 e. The third kappa shape index (κ3) is 1.73. The van der Waals surface area contributed by atoms with Gasteiger partial charge in [-0.1, -0.05) is 36.4 Å². The molecule has 0 aliphatic carbocycles. The molecule has 0 radical (unpaired) electrons. The fourth-order valence-corrected chi connectivity index (χ4v) is 2.27. The van der Waals surface area contributed by atoms with E-state index in [1.807, 2.05) is 19.2 Å². The van der Waals surface area contributed by atoms with Gasteiger partial charge in [-0.25, -0.2) is 4.79 Å². The second-order valence-electron chi connectivity index (χ2n) is 4.49. The van der Waals surface area contributed by atoms with Crippen LogP contribution >= 0.6 is 0 Å². The molecule has 17 heavy (non-hydrogen) atoms. The lowest BCUT2D eigenvalue weighted by Gasteiger charge is -2.10. The number of nitrogens with one attached hydrogen (secondary N) is 1. The number of nitrogens with zero attached hydrogens (tertiary/aromatic N) is 1. The Morgan fingerprint density at radius 2 is 1.94 bits per heavy atom. The normalized spacial score (nSPS) is 19.7.